The number of nitrogens with one attached hydrogen (secondary N) is 3. The molecule has 0 aliphatic carbocycles. The van der Waals surface area contributed by atoms with E-state index in [1.54, 1.807) is 0 Å². The second-order valence-corrected chi connectivity index (χ2v) is 15.8. The maximum absolute atomic E-state index is 13.1. The van der Waals surface area contributed by atoms with Crippen LogP contribution >= 0.6 is 0 Å². The summed E-state index contributed by atoms with van der Waals surface area (Å²) in [7, 11) is -1.68. The standard InChI is InChI=1S/C28H36N6O2Si/c1-20-5-8-23(9-6-20)34-26(18-27(32-34)37(2,3)4)31-28(35)30-22-7-10-25-24(17-22)21(19-29-25)11-12-33-13-15-36-16-14-33/h5-10,17-19,29H,11-16H2,1-4H3,(H2,30,31,35). The van der Waals surface area contributed by atoms with E-state index in [0.717, 1.165) is 66.9 Å². The van der Waals surface area contributed by atoms with Gasteiger partial charge in [0.15, 0.2) is 0 Å². The van der Waals surface area contributed by atoms with E-state index < -0.39 is 8.07 Å². The molecule has 194 valence electrons. The van der Waals surface area contributed by atoms with Gasteiger partial charge in [0, 0.05) is 47.7 Å². The van der Waals surface area contributed by atoms with Gasteiger partial charge in [0.05, 0.1) is 18.9 Å². The molecule has 2 amide bonds. The van der Waals surface area contributed by atoms with Crippen LogP contribution < -0.4 is 16.0 Å². The summed E-state index contributed by atoms with van der Waals surface area (Å²) in [5, 5.41) is 13.1. The predicted molar refractivity (Wildman–Crippen MR) is 153 cm³/mol. The predicted octanol–water partition coefficient (Wildman–Crippen LogP) is 4.73. The third kappa shape index (κ3) is 5.95. The Morgan fingerprint density at radius 3 is 2.54 bits per heavy atom. The Bertz CT molecular complexity index is 1380. The zero-order valence-electron chi connectivity index (χ0n) is 22.1. The number of benzene rings is 2. The summed E-state index contributed by atoms with van der Waals surface area (Å²) in [5.74, 6) is 0.660. The number of anilines is 2. The molecule has 0 atom stereocenters. The Labute approximate surface area is 219 Å². The number of amides is 2. The van der Waals surface area contributed by atoms with Gasteiger partial charge < -0.3 is 15.0 Å². The first kappa shape index (κ1) is 25.3. The fourth-order valence-electron chi connectivity index (χ4n) is 4.56. The lowest BCUT2D eigenvalue weighted by Crippen LogP contribution is -2.39. The van der Waals surface area contributed by atoms with Gasteiger partial charge >= 0.3 is 6.03 Å². The molecule has 37 heavy (non-hydrogen) atoms. The highest BCUT2D eigenvalue weighted by atomic mass is 28.3. The van der Waals surface area contributed by atoms with E-state index in [1.807, 2.05) is 41.1 Å². The van der Waals surface area contributed by atoms with E-state index in [1.165, 1.54) is 11.1 Å². The lowest BCUT2D eigenvalue weighted by atomic mass is 10.1. The Morgan fingerprint density at radius 2 is 1.81 bits per heavy atom. The van der Waals surface area contributed by atoms with Crippen LogP contribution in [0.2, 0.25) is 19.6 Å². The molecule has 0 saturated carbocycles. The second kappa shape index (κ2) is 10.5. The monoisotopic (exact) mass is 516 g/mol. The van der Waals surface area contributed by atoms with Crippen LogP contribution in [-0.4, -0.2) is 66.6 Å². The van der Waals surface area contributed by atoms with E-state index in [9.17, 15) is 4.79 Å². The first-order valence-corrected chi connectivity index (χ1v) is 16.4. The van der Waals surface area contributed by atoms with E-state index in [4.69, 9.17) is 9.84 Å². The van der Waals surface area contributed by atoms with Crippen molar-refractivity contribution in [1.29, 1.82) is 0 Å². The molecular weight excluding hydrogens is 480 g/mol. The summed E-state index contributed by atoms with van der Waals surface area (Å²) in [6, 6.07) is 15.9. The third-order valence-electron chi connectivity index (χ3n) is 6.82. The van der Waals surface area contributed by atoms with Gasteiger partial charge in [0.2, 0.25) is 0 Å². The molecule has 9 heteroatoms. The Balaban J connectivity index is 1.32. The van der Waals surface area contributed by atoms with Gasteiger partial charge in [-0.1, -0.05) is 37.3 Å². The second-order valence-electron chi connectivity index (χ2n) is 10.8. The number of H-pyrrole nitrogens is 1. The topological polar surface area (TPSA) is 87.2 Å². The molecule has 0 radical (unpaired) electrons. The highest BCUT2D eigenvalue weighted by molar-refractivity contribution is 6.88. The minimum absolute atomic E-state index is 0.292. The van der Waals surface area contributed by atoms with E-state index >= 15 is 0 Å². The van der Waals surface area contributed by atoms with Gasteiger partial charge in [-0.05, 0) is 55.3 Å². The SMILES string of the molecule is Cc1ccc(-n2nc([Si](C)(C)C)cc2NC(=O)Nc2ccc3[nH]cc(CCN4CCOCC4)c3c2)cc1. The van der Waals surface area contributed by atoms with E-state index in [0.29, 0.717) is 5.82 Å². The number of rotatable bonds is 7. The van der Waals surface area contributed by atoms with Crippen molar-refractivity contribution < 1.29 is 9.53 Å². The van der Waals surface area contributed by atoms with Crippen molar-refractivity contribution in [3.8, 4) is 5.69 Å². The highest BCUT2D eigenvalue weighted by Crippen LogP contribution is 2.24. The minimum atomic E-state index is -1.68. The summed E-state index contributed by atoms with van der Waals surface area (Å²) >= 11 is 0. The van der Waals surface area contributed by atoms with Crippen LogP contribution in [0.3, 0.4) is 0 Å². The molecule has 1 aliphatic rings. The van der Waals surface area contributed by atoms with Crippen molar-refractivity contribution in [2.75, 3.05) is 43.5 Å². The number of hydrogen-bond donors (Lipinski definition) is 3. The molecule has 2 aromatic heterocycles. The lowest BCUT2D eigenvalue weighted by Gasteiger charge is -2.26. The molecule has 0 bridgehead atoms. The lowest BCUT2D eigenvalue weighted by molar-refractivity contribution is 0.0385. The number of hydrogen-bond acceptors (Lipinski definition) is 4. The normalized spacial score (nSPS) is 14.7. The van der Waals surface area contributed by atoms with Crippen molar-refractivity contribution in [2.24, 2.45) is 0 Å². The van der Waals surface area contributed by atoms with Crippen LogP contribution in [0.5, 0.6) is 0 Å². The molecule has 2 aromatic carbocycles. The molecule has 3 heterocycles. The molecule has 1 fully saturated rings. The van der Waals surface area contributed by atoms with Gasteiger partial charge in [0.25, 0.3) is 0 Å². The van der Waals surface area contributed by atoms with Crippen molar-refractivity contribution in [3.05, 3.63) is 65.9 Å². The number of morpholine rings is 1. The average molecular weight is 517 g/mol. The van der Waals surface area contributed by atoms with Crippen molar-refractivity contribution in [2.45, 2.75) is 33.0 Å². The largest absolute Gasteiger partial charge is 0.379 e. The van der Waals surface area contributed by atoms with Crippen molar-refractivity contribution >= 4 is 41.8 Å². The summed E-state index contributed by atoms with van der Waals surface area (Å²) in [5.41, 5.74) is 5.18. The zero-order valence-corrected chi connectivity index (χ0v) is 23.1. The quantitative estimate of drug-likeness (QED) is 0.310. The zero-order chi connectivity index (χ0) is 26.0. The molecule has 1 saturated heterocycles. The molecule has 3 N–H and O–H groups in total. The molecule has 0 spiro atoms. The smallest absolute Gasteiger partial charge is 0.324 e. The minimum Gasteiger partial charge on any atom is -0.379 e. The molecule has 0 unspecified atom stereocenters. The maximum Gasteiger partial charge on any atom is 0.324 e. The Morgan fingerprint density at radius 1 is 1.05 bits per heavy atom. The molecule has 8 nitrogen and oxygen atoms in total. The summed E-state index contributed by atoms with van der Waals surface area (Å²) in [6.07, 6.45) is 3.03. The maximum atomic E-state index is 13.1. The molecule has 5 rings (SSSR count). The number of ether oxygens (including phenoxy) is 1. The van der Waals surface area contributed by atoms with Gasteiger partial charge in [-0.2, -0.15) is 5.10 Å². The fraction of sp³-hybridized carbons (Fsp3) is 0.357. The summed E-state index contributed by atoms with van der Waals surface area (Å²) < 4.78 is 7.28. The number of urea groups is 1. The summed E-state index contributed by atoms with van der Waals surface area (Å²) in [4.78, 5) is 18.9. The molecule has 1 aliphatic heterocycles. The van der Waals surface area contributed by atoms with Gasteiger partial charge in [-0.25, -0.2) is 9.48 Å². The van der Waals surface area contributed by atoms with Crippen LogP contribution in [0.15, 0.2) is 54.7 Å². The van der Waals surface area contributed by atoms with E-state index in [2.05, 4.69) is 65.4 Å². The van der Waals surface area contributed by atoms with Crippen LogP contribution in [-0.2, 0) is 11.2 Å². The average Bonchev–Trinajstić information content (AvgIpc) is 3.48. The van der Waals surface area contributed by atoms with Crippen molar-refractivity contribution in [3.63, 3.8) is 0 Å². The highest BCUT2D eigenvalue weighted by Gasteiger charge is 2.23. The van der Waals surface area contributed by atoms with Gasteiger partial charge in [0.1, 0.15) is 13.9 Å². The number of nitrogens with zero attached hydrogens (tertiary/aromatic N) is 3. The van der Waals surface area contributed by atoms with Crippen molar-refractivity contribution in [1.82, 2.24) is 19.7 Å². The van der Waals surface area contributed by atoms with Crippen LogP contribution in [0.1, 0.15) is 11.1 Å². The Hall–Kier alpha value is -3.40. The van der Waals surface area contributed by atoms with Crippen LogP contribution in [0.4, 0.5) is 16.3 Å². The van der Waals surface area contributed by atoms with Gasteiger partial charge in [-0.3, -0.25) is 10.2 Å². The summed E-state index contributed by atoms with van der Waals surface area (Å²) in [6.45, 7) is 13.4. The molecular formula is C28H36N6O2Si. The van der Waals surface area contributed by atoms with Crippen LogP contribution in [0.25, 0.3) is 16.6 Å². The number of carbonyl (C=O) groups excluding carboxylic acids is 1. The number of carbonyl (C=O) groups is 1. The fourth-order valence-corrected chi connectivity index (χ4v) is 5.53. The number of aryl methyl sites for hydroxylation is 1. The van der Waals surface area contributed by atoms with Crippen LogP contribution in [0, 0.1) is 6.92 Å². The molecule has 4 aromatic rings. The third-order valence-corrected chi connectivity index (χ3v) is 8.61. The van der Waals surface area contributed by atoms with Gasteiger partial charge in [-0.15, -0.1) is 0 Å². The Kier molecular flexibility index (Phi) is 7.19. The first-order valence-electron chi connectivity index (χ1n) is 12.9. The first-order chi connectivity index (χ1) is 17.8. The number of aromatic amines is 1. The van der Waals surface area contributed by atoms with E-state index in [-0.39, 0.29) is 6.03 Å². The number of aromatic nitrogens is 3. The number of fused-ring (bicyclic) bond motifs is 1.